The molecule has 3 N–H and O–H groups in total. The first kappa shape index (κ1) is 28.7. The third-order valence-electron chi connectivity index (χ3n) is 5.19. The Morgan fingerprint density at radius 2 is 1.33 bits per heavy atom. The fourth-order valence-corrected chi connectivity index (χ4v) is 3.45. The summed E-state index contributed by atoms with van der Waals surface area (Å²) in [6, 6.07) is 10.7. The van der Waals surface area contributed by atoms with Crippen LogP contribution in [0.15, 0.2) is 30.3 Å². The number of carbonyl (C=O) groups is 1. The van der Waals surface area contributed by atoms with Gasteiger partial charge in [-0.15, -0.1) is 9.79 Å². The van der Waals surface area contributed by atoms with E-state index in [1.54, 1.807) is 0 Å². The summed E-state index contributed by atoms with van der Waals surface area (Å²) in [4.78, 5) is 26.4. The summed E-state index contributed by atoms with van der Waals surface area (Å²) in [7, 11) is -2.87. The van der Waals surface area contributed by atoms with Gasteiger partial charge >= 0.3 is 8.25 Å². The summed E-state index contributed by atoms with van der Waals surface area (Å²) >= 11 is 0. The van der Waals surface area contributed by atoms with Gasteiger partial charge in [-0.3, -0.25) is 4.79 Å². The Bertz CT molecular complexity index is 535. The number of unbranched alkanes of at least 4 members (excludes halogenated alkanes) is 10. The van der Waals surface area contributed by atoms with Gasteiger partial charge in [0, 0.05) is 17.0 Å². The van der Waals surface area contributed by atoms with Crippen molar-refractivity contribution in [2.75, 3.05) is 0 Å². The van der Waals surface area contributed by atoms with Gasteiger partial charge in [-0.1, -0.05) is 108 Å². The van der Waals surface area contributed by atoms with Crippen molar-refractivity contribution in [3.63, 3.8) is 0 Å². The van der Waals surface area contributed by atoms with E-state index in [1.807, 2.05) is 6.07 Å². The molecule has 0 heterocycles. The molecule has 1 aromatic rings. The van der Waals surface area contributed by atoms with Crippen LogP contribution in [0.5, 0.6) is 0 Å². The van der Waals surface area contributed by atoms with E-state index in [0.717, 1.165) is 19.3 Å². The number of carbonyl (C=O) groups excluding carboxylic acids is 1. The van der Waals surface area contributed by atoms with E-state index in [0.29, 0.717) is 6.42 Å². The zero-order chi connectivity index (χ0) is 22.5. The monoisotopic (exact) mass is 440 g/mol. The van der Waals surface area contributed by atoms with Crippen LogP contribution < -0.4 is 5.32 Å². The molecule has 0 aromatic heterocycles. The lowest BCUT2D eigenvalue weighted by atomic mass is 10.0. The molecule has 0 saturated carbocycles. The molecule has 1 unspecified atom stereocenters. The minimum atomic E-state index is -2.87. The van der Waals surface area contributed by atoms with Gasteiger partial charge in [-0.25, -0.2) is 0 Å². The molecule has 0 saturated heterocycles. The van der Waals surface area contributed by atoms with Crippen molar-refractivity contribution in [3.8, 4) is 0 Å². The first-order valence-electron chi connectivity index (χ1n) is 11.7. The number of nitrogens with one attached hydrogen (secondary N) is 1. The summed E-state index contributed by atoms with van der Waals surface area (Å²) in [6.45, 7) is 4.42. The molecule has 6 heteroatoms. The van der Waals surface area contributed by atoms with Crippen molar-refractivity contribution >= 4 is 14.2 Å². The minimum absolute atomic E-state index is 0.226. The number of hydrogen-bond donors (Lipinski definition) is 3. The third kappa shape index (κ3) is 20.0. The molecule has 0 spiro atoms. The summed E-state index contributed by atoms with van der Waals surface area (Å²) in [5, 5.41) is 3.21. The van der Waals surface area contributed by atoms with Crippen LogP contribution in [0.25, 0.3) is 0 Å². The van der Waals surface area contributed by atoms with Crippen LogP contribution in [0, 0.1) is 0 Å². The van der Waals surface area contributed by atoms with Gasteiger partial charge in [0.2, 0.25) is 5.91 Å². The van der Waals surface area contributed by atoms with E-state index in [2.05, 4.69) is 43.4 Å². The van der Waals surface area contributed by atoms with E-state index in [-0.39, 0.29) is 11.9 Å². The second-order valence-corrected chi connectivity index (χ2v) is 8.41. The molecular formula is C24H43NO4P+. The third-order valence-corrected chi connectivity index (χ3v) is 5.19. The Hall–Kier alpha value is -1.29. The van der Waals surface area contributed by atoms with Gasteiger partial charge in [-0.2, -0.15) is 0 Å². The Morgan fingerprint density at radius 1 is 0.867 bits per heavy atom. The van der Waals surface area contributed by atoms with Gasteiger partial charge in [0.15, 0.2) is 0 Å². The summed E-state index contributed by atoms with van der Waals surface area (Å²) in [5.74, 6) is 0.226. The van der Waals surface area contributed by atoms with Crippen LogP contribution in [0.3, 0.4) is 0 Å². The van der Waals surface area contributed by atoms with Gasteiger partial charge in [-0.05, 0) is 24.8 Å². The average Bonchev–Trinajstić information content (AvgIpc) is 2.72. The molecule has 172 valence electrons. The van der Waals surface area contributed by atoms with E-state index in [4.69, 9.17) is 14.4 Å². The second kappa shape index (κ2) is 21.0. The van der Waals surface area contributed by atoms with Crippen LogP contribution in [-0.4, -0.2) is 21.7 Å². The fraction of sp³-hybridized carbons (Fsp3) is 0.708. The number of hydrogen-bond acceptors (Lipinski definition) is 2. The summed E-state index contributed by atoms with van der Waals surface area (Å²) < 4.78 is 8.70. The van der Waals surface area contributed by atoms with E-state index in [9.17, 15) is 4.79 Å². The van der Waals surface area contributed by atoms with Crippen LogP contribution in [0.1, 0.15) is 103 Å². The maximum absolute atomic E-state index is 12.2. The lowest BCUT2D eigenvalue weighted by Crippen LogP contribution is -2.35. The summed E-state index contributed by atoms with van der Waals surface area (Å²) in [6.07, 6.45) is 17.2. The Labute approximate surface area is 184 Å². The predicted octanol–water partition coefficient (Wildman–Crippen LogP) is 6.45. The van der Waals surface area contributed by atoms with Crippen molar-refractivity contribution in [1.29, 1.82) is 0 Å². The molecule has 0 aliphatic rings. The maximum Gasteiger partial charge on any atom is 0.692 e. The average molecular weight is 441 g/mol. The molecule has 0 bridgehead atoms. The standard InChI is InChI=1S/C24H41NO.HO3P/c1-3-5-6-7-8-9-10-11-12-13-17-20-24(26)25-23(4-2)21-22-18-15-14-16-19-22;1-4(2)3/h14-16,18-19,23H,3-13,17,20-21H2,1-2H3,(H,25,26);(H-,1,2,3)/p+1. The van der Waals surface area contributed by atoms with Crippen molar-refractivity contribution < 1.29 is 19.1 Å². The smallest absolute Gasteiger partial charge is 0.353 e. The molecule has 1 amide bonds. The molecule has 0 fully saturated rings. The van der Waals surface area contributed by atoms with Gasteiger partial charge in [0.1, 0.15) is 0 Å². The van der Waals surface area contributed by atoms with Gasteiger partial charge < -0.3 is 5.32 Å². The normalized spacial score (nSPS) is 11.3. The Balaban J connectivity index is 0.00000192. The SMILES string of the molecule is CCCCCCCCCCCCCC(=O)NC(CC)Cc1ccccc1.O=[P+](O)O. The number of rotatable bonds is 16. The van der Waals surface area contributed by atoms with E-state index in [1.165, 1.54) is 69.8 Å². The highest BCUT2D eigenvalue weighted by molar-refractivity contribution is 7.30. The largest absolute Gasteiger partial charge is 0.692 e. The molecule has 5 nitrogen and oxygen atoms in total. The molecule has 0 radical (unpaired) electrons. The molecular weight excluding hydrogens is 397 g/mol. The number of benzene rings is 1. The Morgan fingerprint density at radius 3 is 1.80 bits per heavy atom. The highest BCUT2D eigenvalue weighted by Gasteiger charge is 2.10. The van der Waals surface area contributed by atoms with Crippen molar-refractivity contribution in [2.45, 2.75) is 110 Å². The molecule has 0 aliphatic carbocycles. The highest BCUT2D eigenvalue weighted by atomic mass is 31.1. The quantitative estimate of drug-likeness (QED) is 0.203. The molecule has 0 aliphatic heterocycles. The van der Waals surface area contributed by atoms with Crippen LogP contribution in [0.4, 0.5) is 0 Å². The van der Waals surface area contributed by atoms with Crippen molar-refractivity contribution in [1.82, 2.24) is 5.32 Å². The van der Waals surface area contributed by atoms with Crippen molar-refractivity contribution in [3.05, 3.63) is 35.9 Å². The molecule has 1 aromatic carbocycles. The maximum atomic E-state index is 12.2. The fourth-order valence-electron chi connectivity index (χ4n) is 3.45. The minimum Gasteiger partial charge on any atom is -0.353 e. The van der Waals surface area contributed by atoms with Gasteiger partial charge in [0.05, 0.1) is 0 Å². The molecule has 1 rings (SSSR count). The first-order valence-corrected chi connectivity index (χ1v) is 12.8. The van der Waals surface area contributed by atoms with Crippen LogP contribution in [0.2, 0.25) is 0 Å². The number of amides is 1. The topological polar surface area (TPSA) is 86.6 Å². The lowest BCUT2D eigenvalue weighted by Gasteiger charge is -2.17. The van der Waals surface area contributed by atoms with Crippen molar-refractivity contribution in [2.24, 2.45) is 0 Å². The predicted molar refractivity (Wildman–Crippen MR) is 125 cm³/mol. The zero-order valence-corrected chi connectivity index (χ0v) is 19.9. The van der Waals surface area contributed by atoms with Gasteiger partial charge in [0.25, 0.3) is 0 Å². The zero-order valence-electron chi connectivity index (χ0n) is 19.0. The van der Waals surface area contributed by atoms with Crippen LogP contribution >= 0.6 is 8.25 Å². The molecule has 1 atom stereocenters. The van der Waals surface area contributed by atoms with E-state index >= 15 is 0 Å². The molecule has 30 heavy (non-hydrogen) atoms. The van der Waals surface area contributed by atoms with E-state index < -0.39 is 8.25 Å². The second-order valence-electron chi connectivity index (χ2n) is 7.90. The summed E-state index contributed by atoms with van der Waals surface area (Å²) in [5.41, 5.74) is 1.30. The Kier molecular flexibility index (Phi) is 20.1. The lowest BCUT2D eigenvalue weighted by molar-refractivity contribution is -0.121. The van der Waals surface area contributed by atoms with Crippen LogP contribution in [-0.2, 0) is 15.8 Å². The highest BCUT2D eigenvalue weighted by Crippen LogP contribution is 2.12. The first-order chi connectivity index (χ1) is 14.5.